The predicted octanol–water partition coefficient (Wildman–Crippen LogP) is 1.65. The van der Waals surface area contributed by atoms with Crippen molar-refractivity contribution in [2.45, 2.75) is 25.3 Å². The van der Waals surface area contributed by atoms with Crippen LogP contribution in [-0.4, -0.2) is 56.0 Å². The Morgan fingerprint density at radius 3 is 3.07 bits per heavy atom. The van der Waals surface area contributed by atoms with E-state index in [0.717, 1.165) is 24.6 Å². The minimum Gasteiger partial charge on any atom is -0.477 e. The highest BCUT2D eigenvalue weighted by atomic mass is 16.5. The van der Waals surface area contributed by atoms with Crippen LogP contribution in [0.4, 0.5) is 0 Å². The number of H-pyrrole nitrogens is 1. The first-order chi connectivity index (χ1) is 13.1. The third-order valence-corrected chi connectivity index (χ3v) is 4.95. The number of hydrogen-bond acceptors (Lipinski definition) is 6. The van der Waals surface area contributed by atoms with E-state index in [2.05, 4.69) is 9.97 Å². The Labute approximate surface area is 154 Å². The molecule has 0 aromatic carbocycles. The molecule has 1 saturated heterocycles. The molecule has 1 fully saturated rings. The number of aliphatic hydroxyl groups excluding tert-OH is 1. The van der Waals surface area contributed by atoms with Crippen LogP contribution < -0.4 is 0 Å². The quantitative estimate of drug-likeness (QED) is 0.554. The van der Waals surface area contributed by atoms with Crippen molar-refractivity contribution in [3.63, 3.8) is 0 Å². The first-order valence-corrected chi connectivity index (χ1v) is 8.81. The summed E-state index contributed by atoms with van der Waals surface area (Å²) in [5.41, 5.74) is 0.960. The van der Waals surface area contributed by atoms with E-state index in [1.165, 1.54) is 6.08 Å². The lowest BCUT2D eigenvalue weighted by molar-refractivity contribution is -0.134. The second-order valence-electron chi connectivity index (χ2n) is 6.59. The number of carbonyl (C=O) groups excluding carboxylic acids is 1. The molecule has 2 aromatic heterocycles. The van der Waals surface area contributed by atoms with Gasteiger partial charge in [0.2, 0.25) is 11.7 Å². The van der Waals surface area contributed by atoms with Crippen molar-refractivity contribution in [1.29, 1.82) is 0 Å². The number of nitrogens with one attached hydrogen (secondary N) is 1. The van der Waals surface area contributed by atoms with Crippen molar-refractivity contribution in [1.82, 2.24) is 14.9 Å². The number of nitrogens with zero attached hydrogens (tertiary/aromatic N) is 2. The molecule has 27 heavy (non-hydrogen) atoms. The number of rotatable bonds is 4. The van der Waals surface area contributed by atoms with Crippen LogP contribution in [-0.2, 0) is 14.3 Å². The lowest BCUT2D eigenvalue weighted by Gasteiger charge is -2.36. The summed E-state index contributed by atoms with van der Waals surface area (Å²) >= 11 is 0. The molecule has 2 aliphatic heterocycles. The van der Waals surface area contributed by atoms with Crippen molar-refractivity contribution in [2.75, 3.05) is 13.2 Å². The normalized spacial score (nSPS) is 22.0. The molecular weight excluding hydrogens is 350 g/mol. The second kappa shape index (κ2) is 6.88. The van der Waals surface area contributed by atoms with Crippen molar-refractivity contribution >= 4 is 28.9 Å². The van der Waals surface area contributed by atoms with Crippen molar-refractivity contribution < 1.29 is 24.5 Å². The molecule has 0 spiro atoms. The van der Waals surface area contributed by atoms with E-state index in [1.54, 1.807) is 23.4 Å². The number of fused-ring (bicyclic) bond motifs is 1. The number of aliphatic carboxylic acids is 1. The lowest BCUT2D eigenvalue weighted by Crippen LogP contribution is -2.41. The van der Waals surface area contributed by atoms with E-state index in [-0.39, 0.29) is 29.9 Å². The van der Waals surface area contributed by atoms with Crippen LogP contribution in [0.1, 0.15) is 24.8 Å². The summed E-state index contributed by atoms with van der Waals surface area (Å²) in [6.07, 6.45) is 7.38. The highest BCUT2D eigenvalue weighted by molar-refractivity contribution is 6.26. The summed E-state index contributed by atoms with van der Waals surface area (Å²) in [6.45, 7) is 0.413. The third kappa shape index (κ3) is 2.97. The highest BCUT2D eigenvalue weighted by Crippen LogP contribution is 2.33. The Morgan fingerprint density at radius 1 is 1.44 bits per heavy atom. The summed E-state index contributed by atoms with van der Waals surface area (Å²) in [5.74, 6) is -2.02. The van der Waals surface area contributed by atoms with Gasteiger partial charge in [-0.25, -0.2) is 9.78 Å². The zero-order valence-electron chi connectivity index (χ0n) is 14.5. The number of carboxylic acids is 1. The first-order valence-electron chi connectivity index (χ1n) is 8.81. The molecule has 0 aliphatic carbocycles. The van der Waals surface area contributed by atoms with E-state index in [1.807, 2.05) is 6.07 Å². The molecule has 4 heterocycles. The average molecular weight is 369 g/mol. The lowest BCUT2D eigenvalue weighted by atomic mass is 10.0. The maximum absolute atomic E-state index is 12.7. The van der Waals surface area contributed by atoms with Gasteiger partial charge in [-0.05, 0) is 37.5 Å². The Bertz CT molecular complexity index is 975. The van der Waals surface area contributed by atoms with Gasteiger partial charge in [0.1, 0.15) is 5.65 Å². The first kappa shape index (κ1) is 17.3. The molecule has 1 unspecified atom stereocenters. The molecule has 0 radical (unpaired) electrons. The topological polar surface area (TPSA) is 116 Å². The average Bonchev–Trinajstić information content (AvgIpc) is 3.23. The van der Waals surface area contributed by atoms with Gasteiger partial charge in [0, 0.05) is 29.9 Å². The Hall–Kier alpha value is -3.13. The molecule has 8 heteroatoms. The largest absolute Gasteiger partial charge is 0.477 e. The van der Waals surface area contributed by atoms with Gasteiger partial charge in [0.05, 0.1) is 12.6 Å². The number of allylic oxidation sites excluding steroid dienone is 1. The fraction of sp³-hybridized carbons (Fsp3) is 0.316. The van der Waals surface area contributed by atoms with Gasteiger partial charge in [0.25, 0.3) is 0 Å². The highest BCUT2D eigenvalue weighted by Gasteiger charge is 2.40. The Morgan fingerprint density at radius 2 is 2.30 bits per heavy atom. The van der Waals surface area contributed by atoms with Crippen molar-refractivity contribution in [3.8, 4) is 0 Å². The maximum atomic E-state index is 12.7. The molecule has 1 atom stereocenters. The summed E-state index contributed by atoms with van der Waals surface area (Å²) in [6, 6.07) is 3.37. The fourth-order valence-electron chi connectivity index (χ4n) is 3.60. The Kier molecular flexibility index (Phi) is 4.41. The number of Topliss-reactive ketones (excluding diaryl/α,β-unsaturated/α-hetero) is 1. The van der Waals surface area contributed by atoms with Crippen LogP contribution >= 0.6 is 0 Å². The Balaban J connectivity index is 1.72. The standard InChI is InChI=1S/C19H19N3O5/c23-10-12-4-1-2-7-22(12)18-15(19(25)26)16(24)14(27-18)8-11-9-21-17-13(11)5-3-6-20-17/h3,5-6,8-9,12,23H,1-2,4,7,10H2,(H,20,21)(H,25,26). The number of carboxylic acid groups (broad SMARTS) is 1. The third-order valence-electron chi connectivity index (χ3n) is 4.95. The summed E-state index contributed by atoms with van der Waals surface area (Å²) < 4.78 is 5.73. The number of carbonyl (C=O) groups is 2. The maximum Gasteiger partial charge on any atom is 0.345 e. The predicted molar refractivity (Wildman–Crippen MR) is 96.3 cm³/mol. The van der Waals surface area contributed by atoms with E-state index in [0.29, 0.717) is 17.8 Å². The zero-order chi connectivity index (χ0) is 19.0. The van der Waals surface area contributed by atoms with E-state index in [4.69, 9.17) is 4.74 Å². The number of aliphatic hydroxyl groups is 1. The van der Waals surface area contributed by atoms with Crippen LogP contribution in [0.5, 0.6) is 0 Å². The number of pyridine rings is 1. The SMILES string of the molecule is O=C(O)C1=C(N2CCCCC2CO)OC(=Cc2c[nH]c3ncccc23)C1=O. The van der Waals surface area contributed by atoms with E-state index >= 15 is 0 Å². The molecular formula is C19H19N3O5. The van der Waals surface area contributed by atoms with Gasteiger partial charge in [-0.3, -0.25) is 4.79 Å². The molecule has 2 aliphatic rings. The van der Waals surface area contributed by atoms with Crippen LogP contribution in [0.25, 0.3) is 17.1 Å². The molecule has 0 bridgehead atoms. The number of aromatic nitrogens is 2. The van der Waals surface area contributed by atoms with Crippen molar-refractivity contribution in [2.24, 2.45) is 0 Å². The number of ether oxygens (including phenoxy) is 1. The summed E-state index contributed by atoms with van der Waals surface area (Å²) in [5, 5.41) is 20.0. The van der Waals surface area contributed by atoms with Crippen LogP contribution in [0.3, 0.4) is 0 Å². The van der Waals surface area contributed by atoms with Gasteiger partial charge in [-0.2, -0.15) is 0 Å². The van der Waals surface area contributed by atoms with Crippen LogP contribution in [0.15, 0.2) is 41.7 Å². The molecule has 3 N–H and O–H groups in total. The van der Waals surface area contributed by atoms with Gasteiger partial charge >= 0.3 is 5.97 Å². The van der Waals surface area contributed by atoms with Gasteiger partial charge in [0.15, 0.2) is 11.3 Å². The number of hydrogen-bond donors (Lipinski definition) is 3. The van der Waals surface area contributed by atoms with Crippen molar-refractivity contribution in [3.05, 3.63) is 47.3 Å². The molecule has 8 nitrogen and oxygen atoms in total. The van der Waals surface area contributed by atoms with Gasteiger partial charge < -0.3 is 24.8 Å². The molecule has 0 saturated carbocycles. The summed E-state index contributed by atoms with van der Waals surface area (Å²) in [4.78, 5) is 33.3. The minimum atomic E-state index is -1.33. The van der Waals surface area contributed by atoms with Crippen LogP contribution in [0.2, 0.25) is 0 Å². The molecule has 2 aromatic rings. The van der Waals surface area contributed by atoms with Gasteiger partial charge in [-0.1, -0.05) is 0 Å². The number of likely N-dealkylation sites (tertiary alicyclic amines) is 1. The summed E-state index contributed by atoms with van der Waals surface area (Å²) in [7, 11) is 0. The molecule has 4 rings (SSSR count). The second-order valence-corrected chi connectivity index (χ2v) is 6.59. The zero-order valence-corrected chi connectivity index (χ0v) is 14.5. The van der Waals surface area contributed by atoms with E-state index in [9.17, 15) is 19.8 Å². The molecule has 0 amide bonds. The van der Waals surface area contributed by atoms with Gasteiger partial charge in [-0.15, -0.1) is 0 Å². The fourth-order valence-corrected chi connectivity index (χ4v) is 3.60. The smallest absolute Gasteiger partial charge is 0.345 e. The monoisotopic (exact) mass is 369 g/mol. The molecule has 140 valence electrons. The number of ketones is 1. The van der Waals surface area contributed by atoms with Crippen LogP contribution in [0, 0.1) is 0 Å². The number of aromatic amines is 1. The number of piperidine rings is 1. The minimum absolute atomic E-state index is 0.0236. The van der Waals surface area contributed by atoms with E-state index < -0.39 is 11.8 Å².